The molecule has 7 nitrogen and oxygen atoms in total. The lowest BCUT2D eigenvalue weighted by Crippen LogP contribution is -2.26. The molecule has 1 unspecified atom stereocenters. The van der Waals surface area contributed by atoms with E-state index in [1.165, 1.54) is 4.57 Å². The molecular weight excluding hydrogens is 382 g/mol. The van der Waals surface area contributed by atoms with Gasteiger partial charge in [-0.25, -0.2) is 13.6 Å². The smallest absolute Gasteiger partial charge is 0.341 e. The molecular formula is C20H24F2N4O3. The van der Waals surface area contributed by atoms with Gasteiger partial charge in [0.15, 0.2) is 11.6 Å². The number of nitrogens with zero attached hydrogens (tertiary/aromatic N) is 2. The lowest BCUT2D eigenvalue weighted by Gasteiger charge is -2.24. The number of hydrogen-bond acceptors (Lipinski definition) is 5. The Morgan fingerprint density at radius 2 is 2.03 bits per heavy atom. The van der Waals surface area contributed by atoms with Gasteiger partial charge in [0.2, 0.25) is 5.43 Å². The molecule has 0 spiro atoms. The van der Waals surface area contributed by atoms with Gasteiger partial charge in [0.05, 0.1) is 16.6 Å². The number of carbonyl (C=O) groups is 1. The molecule has 1 atom stereocenters. The number of aromatic nitrogens is 1. The first kappa shape index (κ1) is 19.6. The van der Waals surface area contributed by atoms with E-state index in [0.29, 0.717) is 19.0 Å². The molecule has 2 aliphatic rings. The number of halogens is 2. The number of carboxylic acid groups (broad SMARTS) is 1. The molecule has 9 heteroatoms. The van der Waals surface area contributed by atoms with Gasteiger partial charge >= 0.3 is 5.97 Å². The van der Waals surface area contributed by atoms with E-state index in [9.17, 15) is 14.7 Å². The Morgan fingerprint density at radius 3 is 2.66 bits per heavy atom. The number of benzene rings is 1. The van der Waals surface area contributed by atoms with E-state index in [-0.39, 0.29) is 22.6 Å². The summed E-state index contributed by atoms with van der Waals surface area (Å²) in [4.78, 5) is 25.8. The molecule has 1 aromatic carbocycles. The van der Waals surface area contributed by atoms with Crippen LogP contribution in [0.15, 0.2) is 11.0 Å². The molecule has 2 aromatic rings. The van der Waals surface area contributed by atoms with Crippen LogP contribution < -0.4 is 21.4 Å². The standard InChI is InChI=1S/C20H24F2N4O3/c1-24-6-4-10-5-7-25(8-10)18-14(21)16(23)13-17(15(18)22)26(11-2-3-11)9-12(19(13)27)20(28)29/h9-11,24H,2-8,23H2,1H3,(H,28,29). The maximum atomic E-state index is 15.6. The molecule has 1 aliphatic heterocycles. The zero-order valence-electron chi connectivity index (χ0n) is 16.2. The summed E-state index contributed by atoms with van der Waals surface area (Å²) in [5.74, 6) is -2.98. The molecule has 4 rings (SSSR count). The molecule has 2 heterocycles. The average molecular weight is 406 g/mol. The summed E-state index contributed by atoms with van der Waals surface area (Å²) in [7, 11) is 1.86. The summed E-state index contributed by atoms with van der Waals surface area (Å²) in [5, 5.41) is 12.0. The summed E-state index contributed by atoms with van der Waals surface area (Å²) in [6.45, 7) is 1.82. The van der Waals surface area contributed by atoms with Crippen molar-refractivity contribution in [2.75, 3.05) is 37.3 Å². The molecule has 1 saturated carbocycles. The molecule has 4 N–H and O–H groups in total. The Hall–Kier alpha value is -2.68. The minimum Gasteiger partial charge on any atom is -0.477 e. The Bertz CT molecular complexity index is 1050. The summed E-state index contributed by atoms with van der Waals surface area (Å²) in [6, 6.07) is -0.120. The van der Waals surface area contributed by atoms with Crippen LogP contribution in [-0.4, -0.2) is 42.3 Å². The van der Waals surface area contributed by atoms with Crippen molar-refractivity contribution < 1.29 is 18.7 Å². The van der Waals surface area contributed by atoms with Gasteiger partial charge in [0, 0.05) is 25.3 Å². The molecule has 1 aromatic heterocycles. The predicted octanol–water partition coefficient (Wildman–Crippen LogP) is 2.33. The van der Waals surface area contributed by atoms with Gasteiger partial charge in [0.1, 0.15) is 11.3 Å². The third kappa shape index (κ3) is 3.23. The van der Waals surface area contributed by atoms with Crippen LogP contribution >= 0.6 is 0 Å². The van der Waals surface area contributed by atoms with E-state index in [1.807, 2.05) is 7.05 Å². The van der Waals surface area contributed by atoms with Gasteiger partial charge < -0.3 is 25.6 Å². The summed E-state index contributed by atoms with van der Waals surface area (Å²) in [6.07, 6.45) is 4.34. The number of rotatable bonds is 6. The second-order valence-electron chi connectivity index (χ2n) is 7.92. The Morgan fingerprint density at radius 1 is 1.31 bits per heavy atom. The quantitative estimate of drug-likeness (QED) is 0.637. The normalized spacial score (nSPS) is 19.3. The Balaban J connectivity index is 1.90. The number of hydrogen-bond donors (Lipinski definition) is 3. The minimum atomic E-state index is -1.44. The first-order chi connectivity index (χ1) is 13.8. The SMILES string of the molecule is CNCCC1CCN(c2c(F)c(N)c3c(=O)c(C(=O)O)cn(C4CC4)c3c2F)C1. The number of anilines is 2. The van der Waals surface area contributed by atoms with Crippen LogP contribution in [0.4, 0.5) is 20.2 Å². The van der Waals surface area contributed by atoms with Crippen LogP contribution in [0.2, 0.25) is 0 Å². The van der Waals surface area contributed by atoms with Crippen molar-refractivity contribution in [2.45, 2.75) is 31.7 Å². The molecule has 2 fully saturated rings. The van der Waals surface area contributed by atoms with Crippen molar-refractivity contribution in [1.29, 1.82) is 0 Å². The number of nitrogens with one attached hydrogen (secondary N) is 1. The molecule has 0 bridgehead atoms. The fraction of sp³-hybridized carbons (Fsp3) is 0.500. The van der Waals surface area contributed by atoms with E-state index < -0.39 is 34.3 Å². The van der Waals surface area contributed by atoms with E-state index in [4.69, 9.17) is 5.73 Å². The lowest BCUT2D eigenvalue weighted by molar-refractivity contribution is 0.0695. The molecule has 1 saturated heterocycles. The van der Waals surface area contributed by atoms with Crippen molar-refractivity contribution in [3.05, 3.63) is 33.6 Å². The van der Waals surface area contributed by atoms with Crippen LogP contribution in [0.25, 0.3) is 10.9 Å². The van der Waals surface area contributed by atoms with Crippen molar-refractivity contribution in [1.82, 2.24) is 9.88 Å². The molecule has 0 amide bonds. The predicted molar refractivity (Wildman–Crippen MR) is 107 cm³/mol. The molecule has 0 radical (unpaired) electrons. The summed E-state index contributed by atoms with van der Waals surface area (Å²) in [5.41, 5.74) is 3.64. The molecule has 156 valence electrons. The minimum absolute atomic E-state index is 0.102. The number of carboxylic acids is 1. The van der Waals surface area contributed by atoms with Crippen molar-refractivity contribution in [2.24, 2.45) is 5.92 Å². The Labute approximate surface area is 166 Å². The fourth-order valence-electron chi connectivity index (χ4n) is 4.24. The lowest BCUT2D eigenvalue weighted by atomic mass is 10.0. The number of pyridine rings is 1. The van der Waals surface area contributed by atoms with Crippen LogP contribution in [0.5, 0.6) is 0 Å². The van der Waals surface area contributed by atoms with Crippen molar-refractivity contribution in [3.63, 3.8) is 0 Å². The molecule has 29 heavy (non-hydrogen) atoms. The second kappa shape index (κ2) is 7.29. The van der Waals surface area contributed by atoms with Crippen LogP contribution in [0, 0.1) is 17.6 Å². The van der Waals surface area contributed by atoms with Crippen LogP contribution in [0.1, 0.15) is 42.1 Å². The maximum Gasteiger partial charge on any atom is 0.341 e. The summed E-state index contributed by atoms with van der Waals surface area (Å²) < 4.78 is 32.3. The number of nitrogens with two attached hydrogens (primary N) is 1. The van der Waals surface area contributed by atoms with E-state index in [1.54, 1.807) is 4.90 Å². The first-order valence-corrected chi connectivity index (χ1v) is 9.83. The van der Waals surface area contributed by atoms with Gasteiger partial charge in [-0.1, -0.05) is 0 Å². The highest BCUT2D eigenvalue weighted by Crippen LogP contribution is 2.42. The summed E-state index contributed by atoms with van der Waals surface area (Å²) >= 11 is 0. The number of nitrogen functional groups attached to an aromatic ring is 1. The topological polar surface area (TPSA) is 101 Å². The van der Waals surface area contributed by atoms with E-state index >= 15 is 8.78 Å². The maximum absolute atomic E-state index is 15.6. The third-order valence-electron chi connectivity index (χ3n) is 5.94. The van der Waals surface area contributed by atoms with Crippen molar-refractivity contribution >= 4 is 28.2 Å². The first-order valence-electron chi connectivity index (χ1n) is 9.83. The average Bonchev–Trinajstić information content (AvgIpc) is 3.43. The van der Waals surface area contributed by atoms with Crippen LogP contribution in [-0.2, 0) is 0 Å². The van der Waals surface area contributed by atoms with E-state index in [2.05, 4.69) is 5.32 Å². The van der Waals surface area contributed by atoms with Gasteiger partial charge in [0.25, 0.3) is 0 Å². The van der Waals surface area contributed by atoms with E-state index in [0.717, 1.165) is 38.4 Å². The highest BCUT2D eigenvalue weighted by atomic mass is 19.1. The van der Waals surface area contributed by atoms with Gasteiger partial charge in [-0.3, -0.25) is 4.79 Å². The number of aromatic carboxylic acids is 1. The zero-order chi connectivity index (χ0) is 20.9. The van der Waals surface area contributed by atoms with Gasteiger partial charge in [-0.2, -0.15) is 0 Å². The largest absolute Gasteiger partial charge is 0.477 e. The number of fused-ring (bicyclic) bond motifs is 1. The third-order valence-corrected chi connectivity index (χ3v) is 5.94. The Kier molecular flexibility index (Phi) is 4.94. The zero-order valence-corrected chi connectivity index (χ0v) is 16.2. The van der Waals surface area contributed by atoms with Gasteiger partial charge in [-0.05, 0) is 45.2 Å². The highest BCUT2D eigenvalue weighted by molar-refractivity contribution is 5.99. The fourth-order valence-corrected chi connectivity index (χ4v) is 4.24. The van der Waals surface area contributed by atoms with Gasteiger partial charge in [-0.15, -0.1) is 0 Å². The van der Waals surface area contributed by atoms with Crippen molar-refractivity contribution in [3.8, 4) is 0 Å². The second-order valence-corrected chi connectivity index (χ2v) is 7.92. The molecule has 1 aliphatic carbocycles. The monoisotopic (exact) mass is 406 g/mol. The van der Waals surface area contributed by atoms with Crippen LogP contribution in [0.3, 0.4) is 0 Å². The highest BCUT2D eigenvalue weighted by Gasteiger charge is 2.34.